The molecule has 1 unspecified atom stereocenters. The molecular weight excluding hydrogens is 272 g/mol. The highest BCUT2D eigenvalue weighted by Crippen LogP contribution is 2.24. The molecule has 1 aromatic carbocycles. The highest BCUT2D eigenvalue weighted by molar-refractivity contribution is 6.04. The van der Waals surface area contributed by atoms with Crippen LogP contribution in [-0.2, 0) is 16.0 Å². The number of anilines is 1. The van der Waals surface area contributed by atoms with Crippen LogP contribution >= 0.6 is 0 Å². The topological polar surface area (TPSA) is 95.5 Å². The molecule has 3 N–H and O–H groups in total. The molecule has 6 heteroatoms. The lowest BCUT2D eigenvalue weighted by Crippen LogP contribution is -2.42. The number of hydrogen-bond donors (Lipinski definition) is 3. The van der Waals surface area contributed by atoms with E-state index in [0.29, 0.717) is 11.3 Å². The van der Waals surface area contributed by atoms with Gasteiger partial charge in [-0.15, -0.1) is 0 Å². The molecule has 2 rings (SSSR count). The second kappa shape index (κ2) is 6.05. The van der Waals surface area contributed by atoms with Crippen molar-refractivity contribution in [3.8, 4) is 0 Å². The Morgan fingerprint density at radius 1 is 1.38 bits per heavy atom. The summed E-state index contributed by atoms with van der Waals surface area (Å²) in [6.07, 6.45) is -0.0249. The number of fused-ring (bicyclic) bond motifs is 1. The fourth-order valence-corrected chi connectivity index (χ4v) is 2.39. The summed E-state index contributed by atoms with van der Waals surface area (Å²) in [5.74, 6) is -1.40. The van der Waals surface area contributed by atoms with E-state index in [1.54, 1.807) is 18.2 Å². The molecule has 0 aromatic heterocycles. The standard InChI is InChI=1S/C15H18N2O4/c1-8(2)16-12(7-14(19)20)15(21)9-3-4-11-10(5-9)6-13(18)17-11/h3-5,8,12,16H,6-7H2,1-2H3,(H,17,18)(H,19,20). The van der Waals surface area contributed by atoms with Gasteiger partial charge in [-0.1, -0.05) is 13.8 Å². The zero-order chi connectivity index (χ0) is 15.6. The van der Waals surface area contributed by atoms with Gasteiger partial charge >= 0.3 is 5.97 Å². The van der Waals surface area contributed by atoms with Gasteiger partial charge in [0.15, 0.2) is 5.78 Å². The first-order valence-corrected chi connectivity index (χ1v) is 6.81. The maximum Gasteiger partial charge on any atom is 0.305 e. The molecule has 0 fully saturated rings. The normalized spacial score (nSPS) is 14.7. The Bertz CT molecular complexity index is 595. The number of carboxylic acids is 1. The molecule has 1 amide bonds. The average molecular weight is 290 g/mol. The van der Waals surface area contributed by atoms with Gasteiger partial charge in [-0.2, -0.15) is 0 Å². The van der Waals surface area contributed by atoms with E-state index in [2.05, 4.69) is 10.6 Å². The molecule has 1 heterocycles. The number of amides is 1. The smallest absolute Gasteiger partial charge is 0.305 e. The minimum atomic E-state index is -1.03. The minimum Gasteiger partial charge on any atom is -0.481 e. The van der Waals surface area contributed by atoms with Crippen LogP contribution in [-0.4, -0.2) is 34.8 Å². The van der Waals surface area contributed by atoms with E-state index in [9.17, 15) is 14.4 Å². The molecule has 21 heavy (non-hydrogen) atoms. The molecule has 0 radical (unpaired) electrons. The molecule has 6 nitrogen and oxygen atoms in total. The number of benzene rings is 1. The largest absolute Gasteiger partial charge is 0.481 e. The average Bonchev–Trinajstić information content (AvgIpc) is 2.74. The van der Waals surface area contributed by atoms with Crippen LogP contribution in [0.25, 0.3) is 0 Å². The zero-order valence-corrected chi connectivity index (χ0v) is 12.0. The monoisotopic (exact) mass is 290 g/mol. The van der Waals surface area contributed by atoms with Crippen LogP contribution < -0.4 is 10.6 Å². The Hall–Kier alpha value is -2.21. The van der Waals surface area contributed by atoms with Crippen molar-refractivity contribution < 1.29 is 19.5 Å². The van der Waals surface area contributed by atoms with Crippen molar-refractivity contribution in [1.82, 2.24) is 5.32 Å². The number of Topliss-reactive ketones (excluding diaryl/α,β-unsaturated/α-hetero) is 1. The number of ketones is 1. The summed E-state index contributed by atoms with van der Waals surface area (Å²) in [6.45, 7) is 3.71. The highest BCUT2D eigenvalue weighted by Gasteiger charge is 2.25. The summed E-state index contributed by atoms with van der Waals surface area (Å²) in [4.78, 5) is 34.7. The van der Waals surface area contributed by atoms with Crippen LogP contribution in [0.3, 0.4) is 0 Å². The van der Waals surface area contributed by atoms with Crippen molar-refractivity contribution in [3.63, 3.8) is 0 Å². The molecule has 0 aliphatic carbocycles. The number of aliphatic carboxylic acids is 1. The summed E-state index contributed by atoms with van der Waals surface area (Å²) in [6, 6.07) is 4.18. The first-order valence-electron chi connectivity index (χ1n) is 6.81. The number of hydrogen-bond acceptors (Lipinski definition) is 4. The van der Waals surface area contributed by atoms with E-state index in [1.807, 2.05) is 13.8 Å². The zero-order valence-electron chi connectivity index (χ0n) is 12.0. The van der Waals surface area contributed by atoms with Crippen molar-refractivity contribution in [1.29, 1.82) is 0 Å². The molecule has 0 saturated heterocycles. The second-order valence-corrected chi connectivity index (χ2v) is 5.43. The lowest BCUT2D eigenvalue weighted by molar-refractivity contribution is -0.137. The van der Waals surface area contributed by atoms with Gasteiger partial charge in [-0.25, -0.2) is 0 Å². The summed E-state index contributed by atoms with van der Waals surface area (Å²) >= 11 is 0. The van der Waals surface area contributed by atoms with Crippen LogP contribution in [0, 0.1) is 0 Å². The summed E-state index contributed by atoms with van der Waals surface area (Å²) in [5.41, 5.74) is 1.90. The number of nitrogens with one attached hydrogen (secondary N) is 2. The second-order valence-electron chi connectivity index (χ2n) is 5.43. The molecule has 1 atom stereocenters. The SMILES string of the molecule is CC(C)NC(CC(=O)O)C(=O)c1ccc2c(c1)CC(=O)N2. The lowest BCUT2D eigenvalue weighted by atomic mass is 9.98. The van der Waals surface area contributed by atoms with E-state index in [4.69, 9.17) is 5.11 Å². The molecule has 1 aliphatic heterocycles. The number of carbonyl (C=O) groups excluding carboxylic acids is 2. The van der Waals surface area contributed by atoms with Crippen LogP contribution in [0.15, 0.2) is 18.2 Å². The van der Waals surface area contributed by atoms with Gasteiger partial charge in [0.2, 0.25) is 5.91 Å². The van der Waals surface area contributed by atoms with Gasteiger partial charge in [-0.3, -0.25) is 14.4 Å². The van der Waals surface area contributed by atoms with Crippen molar-refractivity contribution >= 4 is 23.3 Å². The lowest BCUT2D eigenvalue weighted by Gasteiger charge is -2.18. The molecule has 0 saturated carbocycles. The molecule has 1 aromatic rings. The maximum absolute atomic E-state index is 12.5. The Morgan fingerprint density at radius 2 is 2.10 bits per heavy atom. The Morgan fingerprint density at radius 3 is 2.71 bits per heavy atom. The first kappa shape index (κ1) is 15.2. The molecule has 1 aliphatic rings. The van der Waals surface area contributed by atoms with Gasteiger partial charge in [0.1, 0.15) is 0 Å². The summed E-state index contributed by atoms with van der Waals surface area (Å²) < 4.78 is 0. The minimum absolute atomic E-state index is 0.00373. The third kappa shape index (κ3) is 3.66. The van der Waals surface area contributed by atoms with Crippen molar-refractivity contribution in [2.45, 2.75) is 38.8 Å². The van der Waals surface area contributed by atoms with E-state index >= 15 is 0 Å². The van der Waals surface area contributed by atoms with Gasteiger partial charge in [0.25, 0.3) is 0 Å². The van der Waals surface area contributed by atoms with Crippen molar-refractivity contribution in [2.24, 2.45) is 0 Å². The van der Waals surface area contributed by atoms with Crippen LogP contribution in [0.4, 0.5) is 5.69 Å². The highest BCUT2D eigenvalue weighted by atomic mass is 16.4. The van der Waals surface area contributed by atoms with Crippen molar-refractivity contribution in [3.05, 3.63) is 29.3 Å². The fourth-order valence-electron chi connectivity index (χ4n) is 2.39. The first-order chi connectivity index (χ1) is 9.86. The molecular formula is C15H18N2O4. The summed E-state index contributed by atoms with van der Waals surface area (Å²) in [7, 11) is 0. The Labute approximate surface area is 122 Å². The third-order valence-electron chi connectivity index (χ3n) is 3.24. The van der Waals surface area contributed by atoms with E-state index in [1.165, 1.54) is 0 Å². The number of carbonyl (C=O) groups is 3. The maximum atomic E-state index is 12.5. The van der Waals surface area contributed by atoms with Gasteiger partial charge < -0.3 is 15.7 Å². The van der Waals surface area contributed by atoms with Crippen LogP contribution in [0.1, 0.15) is 36.2 Å². The van der Waals surface area contributed by atoms with Gasteiger partial charge in [-0.05, 0) is 23.8 Å². The van der Waals surface area contributed by atoms with E-state index in [-0.39, 0.29) is 30.6 Å². The Balaban J connectivity index is 2.22. The predicted octanol–water partition coefficient (Wildman–Crippen LogP) is 1.21. The molecule has 0 bridgehead atoms. The third-order valence-corrected chi connectivity index (χ3v) is 3.24. The van der Waals surface area contributed by atoms with Crippen LogP contribution in [0.5, 0.6) is 0 Å². The van der Waals surface area contributed by atoms with E-state index < -0.39 is 12.0 Å². The van der Waals surface area contributed by atoms with Gasteiger partial charge in [0.05, 0.1) is 18.9 Å². The predicted molar refractivity (Wildman–Crippen MR) is 77.4 cm³/mol. The Kier molecular flexibility index (Phi) is 4.37. The quantitative estimate of drug-likeness (QED) is 0.684. The number of carboxylic acid groups (broad SMARTS) is 1. The summed E-state index contributed by atoms with van der Waals surface area (Å²) in [5, 5.41) is 14.6. The van der Waals surface area contributed by atoms with Crippen LogP contribution in [0.2, 0.25) is 0 Å². The number of rotatable bonds is 6. The molecule has 0 spiro atoms. The fraction of sp³-hybridized carbons (Fsp3) is 0.400. The molecule has 112 valence electrons. The van der Waals surface area contributed by atoms with Gasteiger partial charge in [0, 0.05) is 17.3 Å². The van der Waals surface area contributed by atoms with E-state index in [0.717, 1.165) is 5.56 Å². The van der Waals surface area contributed by atoms with Crippen molar-refractivity contribution in [2.75, 3.05) is 5.32 Å².